The minimum absolute atomic E-state index is 0.0494. The van der Waals surface area contributed by atoms with Gasteiger partial charge in [-0.25, -0.2) is 0 Å². The number of pyridine rings is 1. The van der Waals surface area contributed by atoms with Crippen LogP contribution >= 0.6 is 0 Å². The molecule has 1 N–H and O–H groups in total. The van der Waals surface area contributed by atoms with Crippen molar-refractivity contribution in [2.24, 2.45) is 11.8 Å². The van der Waals surface area contributed by atoms with E-state index in [9.17, 15) is 4.79 Å². The molecule has 8 nitrogen and oxygen atoms in total. The highest BCUT2D eigenvalue weighted by atomic mass is 16.5. The van der Waals surface area contributed by atoms with Crippen LogP contribution in [0.15, 0.2) is 41.1 Å². The van der Waals surface area contributed by atoms with E-state index in [2.05, 4.69) is 25.3 Å². The third kappa shape index (κ3) is 3.13. The molecule has 3 fully saturated rings. The Hall–Kier alpha value is -2.84. The van der Waals surface area contributed by atoms with E-state index in [1.54, 1.807) is 12.3 Å². The summed E-state index contributed by atoms with van der Waals surface area (Å²) < 4.78 is 11.8. The van der Waals surface area contributed by atoms with Crippen molar-refractivity contribution >= 4 is 16.8 Å². The number of hydrogen-bond acceptors (Lipinski definition) is 7. The molecule has 5 heterocycles. The molecular formula is C23H25N5O3. The van der Waals surface area contributed by atoms with Crippen LogP contribution in [0.1, 0.15) is 34.9 Å². The molecule has 6 rings (SSSR count). The van der Waals surface area contributed by atoms with Gasteiger partial charge in [-0.15, -0.1) is 0 Å². The van der Waals surface area contributed by atoms with Crippen molar-refractivity contribution < 1.29 is 14.1 Å². The maximum atomic E-state index is 13.0. The number of aryl methyl sites for hydroxylation is 1. The number of nitrogens with one attached hydrogen (secondary N) is 1. The normalized spacial score (nSPS) is 29.5. The van der Waals surface area contributed by atoms with Crippen LogP contribution < -0.4 is 5.32 Å². The molecule has 160 valence electrons. The number of likely N-dealkylation sites (tertiary alicyclic amines) is 1. The molecule has 1 spiro atoms. The monoisotopic (exact) mass is 419 g/mol. The molecule has 3 aliphatic rings. The van der Waals surface area contributed by atoms with Gasteiger partial charge >= 0.3 is 0 Å². The number of aromatic nitrogens is 3. The van der Waals surface area contributed by atoms with Crippen LogP contribution in [0, 0.1) is 18.8 Å². The summed E-state index contributed by atoms with van der Waals surface area (Å²) in [6, 6.07) is 9.54. The molecule has 1 amide bonds. The van der Waals surface area contributed by atoms with Crippen molar-refractivity contribution in [3.8, 4) is 0 Å². The first-order chi connectivity index (χ1) is 15.1. The molecule has 3 aliphatic heterocycles. The van der Waals surface area contributed by atoms with Crippen LogP contribution in [-0.4, -0.2) is 57.3 Å². The lowest BCUT2D eigenvalue weighted by Crippen LogP contribution is -2.41. The SMILES string of the molecule is Cc1noc(CN2C[C@@H]3[C@H](CNC(=O)c4ccnc5ccccc45)[C@H]4CC[C@]3(C2)O4)n1. The predicted octanol–water partition coefficient (Wildman–Crippen LogP) is 2.34. The number of ether oxygens (including phenoxy) is 1. The molecule has 0 aliphatic carbocycles. The molecule has 2 bridgehead atoms. The minimum Gasteiger partial charge on any atom is -0.370 e. The fourth-order valence-corrected chi connectivity index (χ4v) is 5.88. The predicted molar refractivity (Wildman–Crippen MR) is 112 cm³/mol. The second-order valence-electron chi connectivity index (χ2n) is 9.02. The van der Waals surface area contributed by atoms with Crippen molar-refractivity contribution in [2.75, 3.05) is 19.6 Å². The van der Waals surface area contributed by atoms with Crippen molar-refractivity contribution in [1.82, 2.24) is 25.3 Å². The van der Waals surface area contributed by atoms with Gasteiger partial charge in [0, 0.05) is 43.1 Å². The number of amides is 1. The molecule has 0 radical (unpaired) electrons. The number of rotatable bonds is 5. The molecule has 4 atom stereocenters. The van der Waals surface area contributed by atoms with Gasteiger partial charge in [0.1, 0.15) is 0 Å². The van der Waals surface area contributed by atoms with Crippen LogP contribution in [0.5, 0.6) is 0 Å². The standard InChI is InChI=1S/C23H25N5O3/c1-14-26-21(31-27-14)12-28-11-18-17(20-6-8-23(18,13-28)30-20)10-25-22(29)16-7-9-24-19-5-3-2-4-15(16)19/h2-5,7,9,17-18,20H,6,8,10-13H2,1H3,(H,25,29)/t17-,18+,20+,23+/m0/s1. The summed E-state index contributed by atoms with van der Waals surface area (Å²) in [5.41, 5.74) is 1.41. The third-order valence-electron chi connectivity index (χ3n) is 7.17. The lowest BCUT2D eigenvalue weighted by molar-refractivity contribution is 0.00143. The maximum absolute atomic E-state index is 13.0. The van der Waals surface area contributed by atoms with E-state index < -0.39 is 0 Å². The Morgan fingerprint density at radius 1 is 1.32 bits per heavy atom. The highest BCUT2D eigenvalue weighted by Crippen LogP contribution is 2.54. The van der Waals surface area contributed by atoms with Crippen LogP contribution in [0.3, 0.4) is 0 Å². The Balaban J connectivity index is 1.16. The van der Waals surface area contributed by atoms with Gasteiger partial charge in [0.05, 0.1) is 29.3 Å². The summed E-state index contributed by atoms with van der Waals surface area (Å²) >= 11 is 0. The van der Waals surface area contributed by atoms with E-state index in [-0.39, 0.29) is 17.6 Å². The van der Waals surface area contributed by atoms with Crippen molar-refractivity contribution in [1.29, 1.82) is 0 Å². The quantitative estimate of drug-likeness (QED) is 0.678. The minimum atomic E-state index is -0.0987. The molecule has 2 aromatic heterocycles. The molecule has 3 saturated heterocycles. The average molecular weight is 419 g/mol. The summed E-state index contributed by atoms with van der Waals surface area (Å²) in [6.07, 6.45) is 4.07. The first-order valence-electron chi connectivity index (χ1n) is 10.9. The van der Waals surface area contributed by atoms with Crippen LogP contribution in [0.4, 0.5) is 0 Å². The molecule has 8 heteroatoms. The maximum Gasteiger partial charge on any atom is 0.252 e. The number of fused-ring (bicyclic) bond motifs is 2. The van der Waals surface area contributed by atoms with Crippen LogP contribution in [0.25, 0.3) is 10.9 Å². The summed E-state index contributed by atoms with van der Waals surface area (Å²) in [4.78, 5) is 24.1. The van der Waals surface area contributed by atoms with E-state index in [1.807, 2.05) is 31.2 Å². The van der Waals surface area contributed by atoms with E-state index in [4.69, 9.17) is 9.26 Å². The lowest BCUT2D eigenvalue weighted by atomic mass is 9.73. The first-order valence-corrected chi connectivity index (χ1v) is 10.9. The number of nitrogens with zero attached hydrogens (tertiary/aromatic N) is 4. The molecule has 1 aromatic carbocycles. The van der Waals surface area contributed by atoms with Crippen LogP contribution in [-0.2, 0) is 11.3 Å². The van der Waals surface area contributed by atoms with Crippen molar-refractivity contribution in [3.05, 3.63) is 53.8 Å². The summed E-state index contributed by atoms with van der Waals surface area (Å²) in [7, 11) is 0. The highest BCUT2D eigenvalue weighted by molar-refractivity contribution is 6.05. The van der Waals surface area contributed by atoms with E-state index in [0.717, 1.165) is 36.8 Å². The topological polar surface area (TPSA) is 93.4 Å². The van der Waals surface area contributed by atoms with Crippen molar-refractivity contribution in [3.63, 3.8) is 0 Å². The third-order valence-corrected chi connectivity index (χ3v) is 7.17. The fourth-order valence-electron chi connectivity index (χ4n) is 5.88. The molecule has 0 unspecified atom stereocenters. The number of para-hydroxylation sites is 1. The van der Waals surface area contributed by atoms with Gasteiger partial charge in [0.15, 0.2) is 5.82 Å². The smallest absolute Gasteiger partial charge is 0.252 e. The van der Waals surface area contributed by atoms with E-state index in [0.29, 0.717) is 42.2 Å². The largest absolute Gasteiger partial charge is 0.370 e. The Bertz CT molecular complexity index is 1140. The van der Waals surface area contributed by atoms with Crippen molar-refractivity contribution in [2.45, 2.75) is 38.0 Å². The highest BCUT2D eigenvalue weighted by Gasteiger charge is 2.62. The molecule has 0 saturated carbocycles. The average Bonchev–Trinajstić information content (AvgIpc) is 3.52. The second-order valence-corrected chi connectivity index (χ2v) is 9.02. The number of carbonyl (C=O) groups is 1. The van der Waals surface area contributed by atoms with Gasteiger partial charge in [-0.05, 0) is 31.9 Å². The van der Waals surface area contributed by atoms with Gasteiger partial charge < -0.3 is 14.6 Å². The summed E-state index contributed by atoms with van der Waals surface area (Å²) in [5, 5.41) is 7.96. The summed E-state index contributed by atoms with van der Waals surface area (Å²) in [5.74, 6) is 1.99. The van der Waals surface area contributed by atoms with E-state index in [1.165, 1.54) is 0 Å². The second kappa shape index (κ2) is 7.10. The zero-order valence-corrected chi connectivity index (χ0v) is 17.5. The van der Waals surface area contributed by atoms with Gasteiger partial charge in [-0.3, -0.25) is 14.7 Å². The Morgan fingerprint density at radius 3 is 3.10 bits per heavy atom. The Labute approximate surface area is 180 Å². The Morgan fingerprint density at radius 2 is 2.23 bits per heavy atom. The fraction of sp³-hybridized carbons (Fsp3) is 0.478. The lowest BCUT2D eigenvalue weighted by Gasteiger charge is -2.29. The zero-order chi connectivity index (χ0) is 21.0. The molecular weight excluding hydrogens is 394 g/mol. The Kier molecular flexibility index (Phi) is 4.33. The van der Waals surface area contributed by atoms with E-state index >= 15 is 0 Å². The molecule has 31 heavy (non-hydrogen) atoms. The number of carbonyl (C=O) groups excluding carboxylic acids is 1. The van der Waals surface area contributed by atoms with Crippen LogP contribution in [0.2, 0.25) is 0 Å². The van der Waals surface area contributed by atoms with Gasteiger partial charge in [-0.2, -0.15) is 4.98 Å². The van der Waals surface area contributed by atoms with Gasteiger partial charge in [0.25, 0.3) is 5.91 Å². The summed E-state index contributed by atoms with van der Waals surface area (Å²) in [6.45, 7) is 4.92. The first kappa shape index (κ1) is 18.9. The molecule has 3 aromatic rings. The van der Waals surface area contributed by atoms with Gasteiger partial charge in [0.2, 0.25) is 5.89 Å². The number of benzene rings is 1. The number of hydrogen-bond donors (Lipinski definition) is 1. The zero-order valence-electron chi connectivity index (χ0n) is 17.5. The van der Waals surface area contributed by atoms with Gasteiger partial charge in [-0.1, -0.05) is 23.4 Å².